The first-order chi connectivity index (χ1) is 11.8. The molecule has 0 saturated heterocycles. The van der Waals surface area contributed by atoms with E-state index in [1.54, 1.807) is 0 Å². The molecule has 124 valence electrons. The Labute approximate surface area is 143 Å². The van der Waals surface area contributed by atoms with Crippen LogP contribution in [0.1, 0.15) is 11.1 Å². The highest BCUT2D eigenvalue weighted by molar-refractivity contribution is 5.85. The molecule has 0 fully saturated rings. The smallest absolute Gasteiger partial charge is 0.119 e. The van der Waals surface area contributed by atoms with E-state index in [4.69, 9.17) is 10.5 Å². The molecule has 0 aliphatic heterocycles. The maximum atomic E-state index is 5.52. The van der Waals surface area contributed by atoms with Gasteiger partial charge in [0.1, 0.15) is 12.4 Å². The van der Waals surface area contributed by atoms with E-state index in [9.17, 15) is 0 Å². The molecule has 3 nitrogen and oxygen atoms in total. The maximum Gasteiger partial charge on any atom is 0.119 e. The summed E-state index contributed by atoms with van der Waals surface area (Å²) in [6.07, 6.45) is 0. The van der Waals surface area contributed by atoms with E-state index in [-0.39, 0.29) is 0 Å². The highest BCUT2D eigenvalue weighted by atomic mass is 16.5. The summed E-state index contributed by atoms with van der Waals surface area (Å²) in [5.41, 5.74) is 8.09. The largest absolute Gasteiger partial charge is 0.492 e. The van der Waals surface area contributed by atoms with Crippen LogP contribution in [0, 0.1) is 0 Å². The minimum absolute atomic E-state index is 0.537. The van der Waals surface area contributed by atoms with Gasteiger partial charge in [0.15, 0.2) is 0 Å². The molecular formula is C21H24N2O. The summed E-state index contributed by atoms with van der Waals surface area (Å²) in [6.45, 7) is 2.92. The van der Waals surface area contributed by atoms with Gasteiger partial charge < -0.3 is 10.5 Å². The summed E-state index contributed by atoms with van der Waals surface area (Å²) in [5, 5.41) is 2.63. The lowest BCUT2D eigenvalue weighted by Gasteiger charge is -2.18. The predicted molar refractivity (Wildman–Crippen MR) is 100 cm³/mol. The van der Waals surface area contributed by atoms with Crippen LogP contribution in [0.2, 0.25) is 0 Å². The summed E-state index contributed by atoms with van der Waals surface area (Å²) in [6, 6.07) is 23.3. The van der Waals surface area contributed by atoms with Crippen molar-refractivity contribution >= 4 is 10.8 Å². The van der Waals surface area contributed by atoms with Gasteiger partial charge in [0, 0.05) is 19.6 Å². The molecule has 0 unspecified atom stereocenters. The molecule has 3 heteroatoms. The second-order valence-corrected chi connectivity index (χ2v) is 6.09. The number of hydrogen-bond donors (Lipinski definition) is 1. The van der Waals surface area contributed by atoms with Gasteiger partial charge in [-0.1, -0.05) is 54.6 Å². The summed E-state index contributed by atoms with van der Waals surface area (Å²) in [5.74, 6) is 0.876. The van der Waals surface area contributed by atoms with Crippen LogP contribution in [0.25, 0.3) is 10.8 Å². The molecule has 0 bridgehead atoms. The average molecular weight is 320 g/mol. The number of ether oxygens (including phenoxy) is 1. The first kappa shape index (κ1) is 16.5. The van der Waals surface area contributed by atoms with Gasteiger partial charge >= 0.3 is 0 Å². The van der Waals surface area contributed by atoms with Crippen molar-refractivity contribution in [3.05, 3.63) is 77.9 Å². The van der Waals surface area contributed by atoms with Crippen molar-refractivity contribution in [2.45, 2.75) is 13.1 Å². The van der Waals surface area contributed by atoms with Crippen molar-refractivity contribution in [1.82, 2.24) is 4.90 Å². The van der Waals surface area contributed by atoms with E-state index in [0.717, 1.165) is 18.8 Å². The van der Waals surface area contributed by atoms with Gasteiger partial charge in [0.25, 0.3) is 0 Å². The Morgan fingerprint density at radius 3 is 2.42 bits per heavy atom. The van der Waals surface area contributed by atoms with Gasteiger partial charge in [0.05, 0.1) is 0 Å². The molecule has 0 aliphatic rings. The molecule has 24 heavy (non-hydrogen) atoms. The Morgan fingerprint density at radius 1 is 0.875 bits per heavy atom. The molecular weight excluding hydrogens is 296 g/mol. The van der Waals surface area contributed by atoms with Gasteiger partial charge in [-0.05, 0) is 41.1 Å². The van der Waals surface area contributed by atoms with Gasteiger partial charge in [-0.3, -0.25) is 4.90 Å². The molecule has 0 amide bonds. The van der Waals surface area contributed by atoms with Crippen molar-refractivity contribution in [2.24, 2.45) is 5.73 Å². The lowest BCUT2D eigenvalue weighted by atomic mass is 10.0. The molecule has 2 N–H and O–H groups in total. The van der Waals surface area contributed by atoms with E-state index in [0.29, 0.717) is 13.2 Å². The number of fused-ring (bicyclic) bond motifs is 1. The van der Waals surface area contributed by atoms with Crippen LogP contribution in [0.15, 0.2) is 66.7 Å². The van der Waals surface area contributed by atoms with E-state index >= 15 is 0 Å². The maximum absolute atomic E-state index is 5.52. The van der Waals surface area contributed by atoms with Crippen molar-refractivity contribution < 1.29 is 4.74 Å². The molecule has 0 aromatic heterocycles. The third kappa shape index (κ3) is 4.13. The van der Waals surface area contributed by atoms with Gasteiger partial charge in [-0.15, -0.1) is 0 Å². The van der Waals surface area contributed by atoms with Crippen molar-refractivity contribution in [2.75, 3.05) is 20.2 Å². The Balaban J connectivity index is 1.65. The highest BCUT2D eigenvalue weighted by Gasteiger charge is 2.05. The van der Waals surface area contributed by atoms with Crippen LogP contribution < -0.4 is 10.5 Å². The molecule has 0 radical (unpaired) electrons. The van der Waals surface area contributed by atoms with Gasteiger partial charge in [-0.2, -0.15) is 0 Å². The average Bonchev–Trinajstić information content (AvgIpc) is 2.61. The molecule has 0 aliphatic carbocycles. The topological polar surface area (TPSA) is 38.5 Å². The first-order valence-electron chi connectivity index (χ1n) is 8.33. The molecule has 0 saturated carbocycles. The van der Waals surface area contributed by atoms with E-state index in [1.807, 2.05) is 12.1 Å². The number of hydrogen-bond acceptors (Lipinski definition) is 3. The van der Waals surface area contributed by atoms with Crippen molar-refractivity contribution in [1.29, 1.82) is 0 Å². The second kappa shape index (κ2) is 7.95. The van der Waals surface area contributed by atoms with E-state index in [1.165, 1.54) is 21.9 Å². The fourth-order valence-corrected chi connectivity index (χ4v) is 2.96. The minimum atomic E-state index is 0.537. The SMILES string of the molecule is CN(Cc1ccc(OCCN)cc1)Cc1cccc2ccccc12. The standard InChI is InChI=1S/C21H24N2O/c1-23(15-17-9-11-20(12-10-17)24-14-13-22)16-19-7-4-6-18-5-2-3-8-21(18)19/h2-12H,13-16,22H2,1H3. The zero-order valence-corrected chi connectivity index (χ0v) is 14.1. The molecule has 0 atom stereocenters. The Bertz CT molecular complexity index is 778. The number of rotatable bonds is 7. The monoisotopic (exact) mass is 320 g/mol. The number of nitrogens with zero attached hydrogens (tertiary/aromatic N) is 1. The van der Waals surface area contributed by atoms with Crippen LogP contribution in [-0.2, 0) is 13.1 Å². The third-order valence-corrected chi connectivity index (χ3v) is 4.08. The molecule has 0 heterocycles. The van der Waals surface area contributed by atoms with E-state index < -0.39 is 0 Å². The second-order valence-electron chi connectivity index (χ2n) is 6.09. The fourth-order valence-electron chi connectivity index (χ4n) is 2.96. The van der Waals surface area contributed by atoms with Crippen molar-refractivity contribution in [3.8, 4) is 5.75 Å². The Morgan fingerprint density at radius 2 is 1.62 bits per heavy atom. The Hall–Kier alpha value is -2.36. The zero-order valence-electron chi connectivity index (χ0n) is 14.1. The number of benzene rings is 3. The minimum Gasteiger partial charge on any atom is -0.492 e. The summed E-state index contributed by atoms with van der Waals surface area (Å²) < 4.78 is 5.52. The summed E-state index contributed by atoms with van der Waals surface area (Å²) in [7, 11) is 2.15. The van der Waals surface area contributed by atoms with Crippen LogP contribution in [0.3, 0.4) is 0 Å². The Kier molecular flexibility index (Phi) is 5.47. The van der Waals surface area contributed by atoms with Gasteiger partial charge in [-0.25, -0.2) is 0 Å². The first-order valence-corrected chi connectivity index (χ1v) is 8.33. The van der Waals surface area contributed by atoms with E-state index in [2.05, 4.69) is 66.5 Å². The number of nitrogens with two attached hydrogens (primary N) is 1. The van der Waals surface area contributed by atoms with Crippen LogP contribution >= 0.6 is 0 Å². The quantitative estimate of drug-likeness (QED) is 0.719. The molecule has 3 aromatic rings. The predicted octanol–water partition coefficient (Wildman–Crippen LogP) is 3.81. The van der Waals surface area contributed by atoms with Gasteiger partial charge in [0.2, 0.25) is 0 Å². The molecule has 0 spiro atoms. The summed E-state index contributed by atoms with van der Waals surface area (Å²) in [4.78, 5) is 2.33. The van der Waals surface area contributed by atoms with Crippen LogP contribution in [-0.4, -0.2) is 25.1 Å². The molecule has 3 rings (SSSR count). The fraction of sp³-hybridized carbons (Fsp3) is 0.238. The van der Waals surface area contributed by atoms with Crippen LogP contribution in [0.4, 0.5) is 0 Å². The molecule has 3 aromatic carbocycles. The lowest BCUT2D eigenvalue weighted by molar-refractivity contribution is 0.318. The normalized spacial score (nSPS) is 11.1. The van der Waals surface area contributed by atoms with Crippen LogP contribution in [0.5, 0.6) is 5.75 Å². The highest BCUT2D eigenvalue weighted by Crippen LogP contribution is 2.20. The van der Waals surface area contributed by atoms with Crippen molar-refractivity contribution in [3.63, 3.8) is 0 Å². The lowest BCUT2D eigenvalue weighted by Crippen LogP contribution is -2.17. The third-order valence-electron chi connectivity index (χ3n) is 4.08. The summed E-state index contributed by atoms with van der Waals surface area (Å²) >= 11 is 0. The zero-order chi connectivity index (χ0) is 16.8.